The van der Waals surface area contributed by atoms with Crippen LogP contribution in [0.5, 0.6) is 0 Å². The van der Waals surface area contributed by atoms with Crippen LogP contribution in [0.15, 0.2) is 12.3 Å². The van der Waals surface area contributed by atoms with Crippen LogP contribution in [-0.2, 0) is 15.7 Å². The summed E-state index contributed by atoms with van der Waals surface area (Å²) >= 11 is 0. The predicted molar refractivity (Wildman–Crippen MR) is 45.9 cm³/mol. The molecule has 1 aromatic heterocycles. The monoisotopic (exact) mass is 230 g/mol. The van der Waals surface area contributed by atoms with Crippen LogP contribution in [0, 0.1) is 11.8 Å². The summed E-state index contributed by atoms with van der Waals surface area (Å²) in [7, 11) is 1.10. The van der Waals surface area contributed by atoms with Gasteiger partial charge in [-0.3, -0.25) is 0 Å². The average Bonchev–Trinajstić information content (AvgIpc) is 2.25. The zero-order chi connectivity index (χ0) is 12.2. The molecule has 0 N–H and O–H groups in total. The second-order valence-electron chi connectivity index (χ2n) is 2.50. The first-order valence-corrected chi connectivity index (χ1v) is 3.93. The van der Waals surface area contributed by atoms with E-state index in [1.807, 2.05) is 5.92 Å². The lowest BCUT2D eigenvalue weighted by atomic mass is 10.4. The van der Waals surface area contributed by atoms with Crippen LogP contribution in [-0.4, -0.2) is 23.0 Å². The van der Waals surface area contributed by atoms with Crippen molar-refractivity contribution in [2.24, 2.45) is 0 Å². The fraction of sp³-hybridized carbons (Fsp3) is 0.222. The van der Waals surface area contributed by atoms with Crippen molar-refractivity contribution in [3.05, 3.63) is 23.8 Å². The Kier molecular flexibility index (Phi) is 3.45. The molecule has 0 atom stereocenters. The van der Waals surface area contributed by atoms with Crippen molar-refractivity contribution >= 4 is 5.97 Å². The standard InChI is InChI=1S/C9H5F3N2O2/c1-16-8(15)3-2-7-13-5-4-6(14-7)9(10,11)12/h4-5H,1H3. The van der Waals surface area contributed by atoms with E-state index in [4.69, 9.17) is 0 Å². The molecule has 1 rings (SSSR count). The van der Waals surface area contributed by atoms with Gasteiger partial charge in [0.25, 0.3) is 0 Å². The summed E-state index contributed by atoms with van der Waals surface area (Å²) in [5.41, 5.74) is -1.11. The van der Waals surface area contributed by atoms with Gasteiger partial charge in [-0.1, -0.05) is 0 Å². The normalized spacial score (nSPS) is 10.2. The zero-order valence-corrected chi connectivity index (χ0v) is 8.00. The molecule has 84 valence electrons. The van der Waals surface area contributed by atoms with Crippen molar-refractivity contribution in [1.82, 2.24) is 9.97 Å². The van der Waals surface area contributed by atoms with Crippen molar-refractivity contribution in [3.8, 4) is 11.8 Å². The Labute approximate surface area is 88.5 Å². The van der Waals surface area contributed by atoms with Crippen LogP contribution in [0.1, 0.15) is 11.5 Å². The lowest BCUT2D eigenvalue weighted by molar-refractivity contribution is -0.141. The summed E-state index contributed by atoms with van der Waals surface area (Å²) in [5.74, 6) is 2.72. The van der Waals surface area contributed by atoms with Gasteiger partial charge in [-0.25, -0.2) is 14.8 Å². The molecular formula is C9H5F3N2O2. The number of halogens is 3. The highest BCUT2D eigenvalue weighted by Crippen LogP contribution is 2.26. The first-order chi connectivity index (χ1) is 7.43. The quantitative estimate of drug-likeness (QED) is 0.493. The maximum absolute atomic E-state index is 12.2. The Morgan fingerprint density at radius 2 is 2.19 bits per heavy atom. The molecule has 0 aliphatic heterocycles. The summed E-state index contributed by atoms with van der Waals surface area (Å²) in [4.78, 5) is 17.2. The van der Waals surface area contributed by atoms with E-state index < -0.39 is 17.8 Å². The van der Waals surface area contributed by atoms with Gasteiger partial charge in [-0.15, -0.1) is 0 Å². The molecule has 0 spiro atoms. The van der Waals surface area contributed by atoms with Gasteiger partial charge in [0.05, 0.1) is 7.11 Å². The minimum Gasteiger partial charge on any atom is -0.459 e. The third-order valence-corrected chi connectivity index (χ3v) is 1.41. The van der Waals surface area contributed by atoms with Gasteiger partial charge in [0, 0.05) is 12.1 Å². The largest absolute Gasteiger partial charge is 0.459 e. The van der Waals surface area contributed by atoms with Crippen LogP contribution < -0.4 is 0 Å². The fourth-order valence-electron chi connectivity index (χ4n) is 0.735. The number of carbonyl (C=O) groups is 1. The van der Waals surface area contributed by atoms with Crippen molar-refractivity contribution < 1.29 is 22.7 Å². The topological polar surface area (TPSA) is 52.1 Å². The van der Waals surface area contributed by atoms with E-state index in [0.29, 0.717) is 6.07 Å². The smallest absolute Gasteiger partial charge is 0.433 e. The molecule has 0 aromatic carbocycles. The minimum absolute atomic E-state index is 0.389. The van der Waals surface area contributed by atoms with E-state index >= 15 is 0 Å². The van der Waals surface area contributed by atoms with Gasteiger partial charge in [0.2, 0.25) is 5.82 Å². The number of alkyl halides is 3. The van der Waals surface area contributed by atoms with E-state index in [2.05, 4.69) is 20.6 Å². The van der Waals surface area contributed by atoms with Crippen LogP contribution >= 0.6 is 0 Å². The average molecular weight is 230 g/mol. The Morgan fingerprint density at radius 1 is 1.50 bits per heavy atom. The van der Waals surface area contributed by atoms with Gasteiger partial charge in [-0.2, -0.15) is 13.2 Å². The van der Waals surface area contributed by atoms with Crippen LogP contribution in [0.4, 0.5) is 13.2 Å². The maximum Gasteiger partial charge on any atom is 0.433 e. The molecule has 0 unspecified atom stereocenters. The molecule has 7 heteroatoms. The van der Waals surface area contributed by atoms with E-state index in [-0.39, 0.29) is 5.82 Å². The molecule has 0 saturated carbocycles. The third kappa shape index (κ3) is 3.24. The Bertz CT molecular complexity index is 460. The molecule has 0 fully saturated rings. The molecule has 1 aromatic rings. The molecule has 0 aliphatic carbocycles. The fourth-order valence-corrected chi connectivity index (χ4v) is 0.735. The highest BCUT2D eigenvalue weighted by atomic mass is 19.4. The lowest BCUT2D eigenvalue weighted by Gasteiger charge is -2.03. The number of aromatic nitrogens is 2. The van der Waals surface area contributed by atoms with Crippen LogP contribution in [0.3, 0.4) is 0 Å². The summed E-state index contributed by atoms with van der Waals surface area (Å²) in [5, 5.41) is 0. The van der Waals surface area contributed by atoms with Gasteiger partial charge in [0.1, 0.15) is 5.69 Å². The van der Waals surface area contributed by atoms with Crippen molar-refractivity contribution in [2.75, 3.05) is 7.11 Å². The number of hydrogen-bond acceptors (Lipinski definition) is 4. The summed E-state index contributed by atoms with van der Waals surface area (Å²) in [6.07, 6.45) is -3.65. The minimum atomic E-state index is -4.56. The van der Waals surface area contributed by atoms with Gasteiger partial charge >= 0.3 is 12.1 Å². The highest BCUT2D eigenvalue weighted by Gasteiger charge is 2.32. The predicted octanol–water partition coefficient (Wildman–Crippen LogP) is 1.02. The zero-order valence-electron chi connectivity index (χ0n) is 8.00. The number of nitrogens with zero attached hydrogens (tertiary/aromatic N) is 2. The number of ether oxygens (including phenoxy) is 1. The first kappa shape index (κ1) is 12.0. The van der Waals surface area contributed by atoms with Crippen molar-refractivity contribution in [1.29, 1.82) is 0 Å². The van der Waals surface area contributed by atoms with Gasteiger partial charge in [-0.05, 0) is 12.0 Å². The van der Waals surface area contributed by atoms with E-state index in [1.165, 1.54) is 0 Å². The molecule has 0 aliphatic rings. The summed E-state index contributed by atoms with van der Waals surface area (Å²) in [6, 6.07) is 0.712. The molecule has 16 heavy (non-hydrogen) atoms. The molecule has 0 amide bonds. The second-order valence-corrected chi connectivity index (χ2v) is 2.50. The molecule has 4 nitrogen and oxygen atoms in total. The van der Waals surface area contributed by atoms with Crippen molar-refractivity contribution in [3.63, 3.8) is 0 Å². The highest BCUT2D eigenvalue weighted by molar-refractivity contribution is 5.88. The third-order valence-electron chi connectivity index (χ3n) is 1.41. The summed E-state index contributed by atoms with van der Waals surface area (Å²) < 4.78 is 40.8. The Morgan fingerprint density at radius 3 is 2.75 bits per heavy atom. The van der Waals surface area contributed by atoms with Crippen molar-refractivity contribution in [2.45, 2.75) is 6.18 Å². The Hall–Kier alpha value is -2.10. The number of carbonyl (C=O) groups excluding carboxylic acids is 1. The molecule has 0 radical (unpaired) electrons. The molecule has 0 saturated heterocycles. The van der Waals surface area contributed by atoms with E-state index in [0.717, 1.165) is 13.3 Å². The number of esters is 1. The van der Waals surface area contributed by atoms with Crippen LogP contribution in [0.2, 0.25) is 0 Å². The van der Waals surface area contributed by atoms with Crippen LogP contribution in [0.25, 0.3) is 0 Å². The van der Waals surface area contributed by atoms with Gasteiger partial charge < -0.3 is 4.74 Å². The van der Waals surface area contributed by atoms with Gasteiger partial charge in [0.15, 0.2) is 0 Å². The molecular weight excluding hydrogens is 225 g/mol. The maximum atomic E-state index is 12.2. The Balaban J connectivity index is 2.99. The van der Waals surface area contributed by atoms with E-state index in [1.54, 1.807) is 0 Å². The second kappa shape index (κ2) is 4.61. The number of hydrogen-bond donors (Lipinski definition) is 0. The SMILES string of the molecule is COC(=O)C#Cc1nccc(C(F)(F)F)n1. The molecule has 0 bridgehead atoms. The number of rotatable bonds is 0. The number of methoxy groups -OCH3 is 1. The molecule has 1 heterocycles. The first-order valence-electron chi connectivity index (χ1n) is 3.93. The summed E-state index contributed by atoms with van der Waals surface area (Å²) in [6.45, 7) is 0. The lowest BCUT2D eigenvalue weighted by Crippen LogP contribution is -2.09. The van der Waals surface area contributed by atoms with E-state index in [9.17, 15) is 18.0 Å².